The molecule has 1 aromatic carbocycles. The number of allylic oxidation sites excluding steroid dienone is 3. The normalized spacial score (nSPS) is 16.3. The molecule has 1 unspecified atom stereocenters. The number of nitro benzene ring substituents is 1. The number of methoxy groups -OCH3 is 1. The average Bonchev–Trinajstić information content (AvgIpc) is 3.22. The predicted molar refractivity (Wildman–Crippen MR) is 111 cm³/mol. The molecule has 0 radical (unpaired) electrons. The Morgan fingerprint density at radius 2 is 2.03 bits per heavy atom. The van der Waals surface area contributed by atoms with Gasteiger partial charge in [0.15, 0.2) is 0 Å². The quantitative estimate of drug-likeness (QED) is 0.292. The van der Waals surface area contributed by atoms with Crippen LogP contribution in [0.25, 0.3) is 5.57 Å². The van der Waals surface area contributed by atoms with Gasteiger partial charge in [0.2, 0.25) is 11.8 Å². The van der Waals surface area contributed by atoms with E-state index < -0.39 is 16.8 Å². The first-order valence-electron chi connectivity index (χ1n) is 9.79. The number of rotatable bonds is 8. The number of aryl methyl sites for hydroxylation is 1. The zero-order valence-corrected chi connectivity index (χ0v) is 17.8. The summed E-state index contributed by atoms with van der Waals surface area (Å²) < 4.78 is 16.1. The lowest BCUT2D eigenvalue weighted by molar-refractivity contribution is -0.384. The predicted octanol–water partition coefficient (Wildman–Crippen LogP) is 3.12. The Kier molecular flexibility index (Phi) is 6.81. The van der Waals surface area contributed by atoms with E-state index in [1.165, 1.54) is 19.2 Å². The van der Waals surface area contributed by atoms with E-state index in [-0.39, 0.29) is 24.8 Å². The molecule has 10 heteroatoms. The van der Waals surface area contributed by atoms with Crippen molar-refractivity contribution in [3.8, 4) is 0 Å². The summed E-state index contributed by atoms with van der Waals surface area (Å²) in [6, 6.07) is 6.14. The molecule has 3 rings (SSSR count). The molecule has 1 aliphatic rings. The monoisotopic (exact) mass is 428 g/mol. The van der Waals surface area contributed by atoms with Crippen LogP contribution in [-0.2, 0) is 20.7 Å². The zero-order valence-electron chi connectivity index (χ0n) is 17.8. The first kappa shape index (κ1) is 22.2. The van der Waals surface area contributed by atoms with E-state index >= 15 is 0 Å². The average molecular weight is 428 g/mol. The third-order valence-electron chi connectivity index (χ3n) is 4.91. The van der Waals surface area contributed by atoms with Crippen LogP contribution in [0.4, 0.5) is 5.69 Å². The van der Waals surface area contributed by atoms with Crippen molar-refractivity contribution in [3.63, 3.8) is 0 Å². The Balaban J connectivity index is 2.15. The Hall–Kier alpha value is -3.53. The lowest BCUT2D eigenvalue weighted by atomic mass is 9.80. The smallest absolute Gasteiger partial charge is 0.336 e. The topological polar surface area (TPSA) is 130 Å². The highest BCUT2D eigenvalue weighted by atomic mass is 16.6. The molecule has 164 valence electrons. The summed E-state index contributed by atoms with van der Waals surface area (Å²) in [5, 5.41) is 22.7. The molecule has 2 heterocycles. The van der Waals surface area contributed by atoms with Gasteiger partial charge in [0.1, 0.15) is 6.61 Å². The maximum atomic E-state index is 13.0. The van der Waals surface area contributed by atoms with E-state index in [9.17, 15) is 14.9 Å². The Morgan fingerprint density at radius 1 is 1.26 bits per heavy atom. The van der Waals surface area contributed by atoms with Crippen LogP contribution in [0.3, 0.4) is 0 Å². The SMILES string of the molecule is CCc1nnc(C2=C(C)NC(C)=C(C(=O)OCCOC)C2c2cccc([N+](=O)[O-])c2)o1. The minimum absolute atomic E-state index is 0.0757. The number of carbonyl (C=O) groups excluding carboxylic acids is 1. The minimum Gasteiger partial charge on any atom is -0.460 e. The number of carbonyl (C=O) groups is 1. The molecule has 0 aliphatic carbocycles. The Bertz CT molecular complexity index is 1060. The molecule has 0 saturated carbocycles. The fraction of sp³-hybridized carbons (Fsp3) is 0.381. The zero-order chi connectivity index (χ0) is 22.5. The number of nitro groups is 1. The van der Waals surface area contributed by atoms with Gasteiger partial charge in [-0.2, -0.15) is 0 Å². The highest BCUT2D eigenvalue weighted by Crippen LogP contribution is 2.43. The molecule has 0 saturated heterocycles. The summed E-state index contributed by atoms with van der Waals surface area (Å²) in [6.07, 6.45) is 0.551. The van der Waals surface area contributed by atoms with E-state index in [0.29, 0.717) is 40.4 Å². The van der Waals surface area contributed by atoms with Gasteiger partial charge in [-0.25, -0.2) is 4.79 Å². The maximum absolute atomic E-state index is 13.0. The lowest BCUT2D eigenvalue weighted by Gasteiger charge is -2.30. The highest BCUT2D eigenvalue weighted by molar-refractivity contribution is 5.97. The van der Waals surface area contributed by atoms with Crippen molar-refractivity contribution in [2.45, 2.75) is 33.1 Å². The number of aromatic nitrogens is 2. The summed E-state index contributed by atoms with van der Waals surface area (Å²) in [5.74, 6) is -0.559. The fourth-order valence-corrected chi connectivity index (χ4v) is 3.50. The van der Waals surface area contributed by atoms with Gasteiger partial charge in [0.05, 0.1) is 23.0 Å². The van der Waals surface area contributed by atoms with Crippen molar-refractivity contribution >= 4 is 17.2 Å². The van der Waals surface area contributed by atoms with Crippen LogP contribution >= 0.6 is 0 Å². The number of nitrogens with one attached hydrogen (secondary N) is 1. The van der Waals surface area contributed by atoms with Crippen molar-refractivity contribution in [2.75, 3.05) is 20.3 Å². The van der Waals surface area contributed by atoms with Gasteiger partial charge in [0, 0.05) is 42.6 Å². The van der Waals surface area contributed by atoms with E-state index in [0.717, 1.165) is 0 Å². The first-order valence-corrected chi connectivity index (χ1v) is 9.79. The highest BCUT2D eigenvalue weighted by Gasteiger charge is 2.37. The van der Waals surface area contributed by atoms with Crippen LogP contribution in [0.1, 0.15) is 44.0 Å². The summed E-state index contributed by atoms with van der Waals surface area (Å²) in [7, 11) is 1.51. The minimum atomic E-state index is -0.693. The largest absolute Gasteiger partial charge is 0.460 e. The third kappa shape index (κ3) is 4.64. The number of dihydropyridines is 1. The van der Waals surface area contributed by atoms with Crippen LogP contribution in [0, 0.1) is 10.1 Å². The number of nitrogens with zero attached hydrogens (tertiary/aromatic N) is 3. The second-order valence-corrected chi connectivity index (χ2v) is 6.97. The van der Waals surface area contributed by atoms with Crippen molar-refractivity contribution in [3.05, 3.63) is 68.7 Å². The second-order valence-electron chi connectivity index (χ2n) is 6.97. The number of esters is 1. The van der Waals surface area contributed by atoms with Crippen LogP contribution in [0.2, 0.25) is 0 Å². The van der Waals surface area contributed by atoms with E-state index in [4.69, 9.17) is 13.9 Å². The van der Waals surface area contributed by atoms with E-state index in [2.05, 4.69) is 15.5 Å². The van der Waals surface area contributed by atoms with E-state index in [1.54, 1.807) is 19.1 Å². The van der Waals surface area contributed by atoms with Crippen LogP contribution in [0.5, 0.6) is 0 Å². The van der Waals surface area contributed by atoms with Crippen molar-refractivity contribution in [2.24, 2.45) is 0 Å². The van der Waals surface area contributed by atoms with Gasteiger partial charge >= 0.3 is 5.97 Å². The summed E-state index contributed by atoms with van der Waals surface area (Å²) >= 11 is 0. The number of non-ortho nitro benzene ring substituents is 1. The molecular weight excluding hydrogens is 404 g/mol. The van der Waals surface area contributed by atoms with Gasteiger partial charge < -0.3 is 19.2 Å². The number of ether oxygens (including phenoxy) is 2. The molecule has 0 fully saturated rings. The number of hydrogen-bond donors (Lipinski definition) is 1. The van der Waals surface area contributed by atoms with Gasteiger partial charge in [-0.1, -0.05) is 19.1 Å². The molecule has 10 nitrogen and oxygen atoms in total. The molecule has 2 aromatic rings. The first-order chi connectivity index (χ1) is 14.9. The van der Waals surface area contributed by atoms with Crippen molar-refractivity contribution < 1.29 is 23.6 Å². The molecule has 1 N–H and O–H groups in total. The van der Waals surface area contributed by atoms with Crippen LogP contribution in [-0.4, -0.2) is 41.4 Å². The van der Waals surface area contributed by atoms with Gasteiger partial charge in [0.25, 0.3) is 5.69 Å². The molecular formula is C21H24N4O6. The third-order valence-corrected chi connectivity index (χ3v) is 4.91. The van der Waals surface area contributed by atoms with Crippen molar-refractivity contribution in [1.82, 2.24) is 15.5 Å². The fourth-order valence-electron chi connectivity index (χ4n) is 3.50. The molecule has 31 heavy (non-hydrogen) atoms. The van der Waals surface area contributed by atoms with Crippen LogP contribution in [0.15, 0.2) is 45.6 Å². The Morgan fingerprint density at radius 3 is 2.68 bits per heavy atom. The maximum Gasteiger partial charge on any atom is 0.336 e. The second kappa shape index (κ2) is 9.52. The summed E-state index contributed by atoms with van der Waals surface area (Å²) in [4.78, 5) is 23.9. The van der Waals surface area contributed by atoms with Crippen LogP contribution < -0.4 is 5.32 Å². The number of hydrogen-bond acceptors (Lipinski definition) is 9. The summed E-state index contributed by atoms with van der Waals surface area (Å²) in [5.41, 5.74) is 2.62. The molecule has 0 amide bonds. The van der Waals surface area contributed by atoms with Gasteiger partial charge in [-0.05, 0) is 19.4 Å². The Labute approximate surface area is 179 Å². The lowest BCUT2D eigenvalue weighted by Crippen LogP contribution is -2.29. The summed E-state index contributed by atoms with van der Waals surface area (Å²) in [6.45, 7) is 5.79. The molecule has 1 aromatic heterocycles. The van der Waals surface area contributed by atoms with Gasteiger partial charge in [-0.15, -0.1) is 10.2 Å². The van der Waals surface area contributed by atoms with E-state index in [1.807, 2.05) is 13.8 Å². The molecule has 1 aliphatic heterocycles. The number of benzene rings is 1. The standard InChI is InChI=1S/C21H24N4O6/c1-5-16-23-24-20(31-16)17-12(2)22-13(3)18(21(26)30-10-9-29-4)19(17)14-7-6-8-15(11-14)25(27)28/h6-8,11,19,22H,5,9-10H2,1-4H3. The molecule has 1 atom stereocenters. The van der Waals surface area contributed by atoms with Gasteiger partial charge in [-0.3, -0.25) is 10.1 Å². The molecule has 0 bridgehead atoms. The molecule has 0 spiro atoms. The van der Waals surface area contributed by atoms with Crippen molar-refractivity contribution in [1.29, 1.82) is 0 Å².